The lowest BCUT2D eigenvalue weighted by Crippen LogP contribution is -2.48. The van der Waals surface area contributed by atoms with E-state index in [4.69, 9.17) is 0 Å². The summed E-state index contributed by atoms with van der Waals surface area (Å²) in [5.41, 5.74) is -0.354. The Morgan fingerprint density at radius 2 is 2.05 bits per heavy atom. The van der Waals surface area contributed by atoms with Crippen LogP contribution < -0.4 is 5.32 Å². The van der Waals surface area contributed by atoms with E-state index >= 15 is 0 Å². The second-order valence-corrected chi connectivity index (χ2v) is 5.63. The van der Waals surface area contributed by atoms with Crippen molar-refractivity contribution >= 4 is 33.5 Å². The van der Waals surface area contributed by atoms with Gasteiger partial charge in [0.1, 0.15) is 11.2 Å². The van der Waals surface area contributed by atoms with Gasteiger partial charge in [-0.05, 0) is 53.4 Å². The summed E-state index contributed by atoms with van der Waals surface area (Å²) in [6, 6.07) is 2.73. The van der Waals surface area contributed by atoms with Gasteiger partial charge >= 0.3 is 5.97 Å². The van der Waals surface area contributed by atoms with Crippen LogP contribution in [0.15, 0.2) is 16.6 Å². The molecular formula is C13H13BrFNO3. The SMILES string of the molecule is Cc1cc(F)c(Br)cc1NC(=O)C1(C(=O)O)CCC1. The zero-order valence-electron chi connectivity index (χ0n) is 10.3. The Hall–Kier alpha value is -1.43. The highest BCUT2D eigenvalue weighted by Crippen LogP contribution is 2.42. The molecule has 1 amide bonds. The molecule has 0 heterocycles. The van der Waals surface area contributed by atoms with E-state index in [1.54, 1.807) is 6.92 Å². The number of carboxylic acid groups (broad SMARTS) is 1. The van der Waals surface area contributed by atoms with E-state index in [1.165, 1.54) is 12.1 Å². The Morgan fingerprint density at radius 1 is 1.42 bits per heavy atom. The summed E-state index contributed by atoms with van der Waals surface area (Å²) >= 11 is 3.04. The molecule has 2 rings (SSSR count). The first kappa shape index (κ1) is 14.0. The summed E-state index contributed by atoms with van der Waals surface area (Å²) in [6.07, 6.45) is 1.41. The smallest absolute Gasteiger partial charge is 0.319 e. The maximum Gasteiger partial charge on any atom is 0.319 e. The zero-order chi connectivity index (χ0) is 14.2. The first-order valence-electron chi connectivity index (χ1n) is 5.87. The first-order valence-corrected chi connectivity index (χ1v) is 6.66. The molecule has 0 radical (unpaired) electrons. The van der Waals surface area contributed by atoms with Gasteiger partial charge in [0.15, 0.2) is 0 Å². The van der Waals surface area contributed by atoms with E-state index in [9.17, 15) is 19.1 Å². The Morgan fingerprint density at radius 3 is 2.53 bits per heavy atom. The molecule has 1 aromatic rings. The number of carbonyl (C=O) groups is 2. The van der Waals surface area contributed by atoms with Crippen molar-refractivity contribution < 1.29 is 19.1 Å². The minimum Gasteiger partial charge on any atom is -0.480 e. The molecule has 19 heavy (non-hydrogen) atoms. The van der Waals surface area contributed by atoms with Gasteiger partial charge in [-0.25, -0.2) is 4.39 Å². The van der Waals surface area contributed by atoms with E-state index in [1.807, 2.05) is 0 Å². The monoisotopic (exact) mass is 329 g/mol. The highest BCUT2D eigenvalue weighted by atomic mass is 79.9. The van der Waals surface area contributed by atoms with Crippen molar-refractivity contribution in [2.45, 2.75) is 26.2 Å². The van der Waals surface area contributed by atoms with Crippen LogP contribution >= 0.6 is 15.9 Å². The normalized spacial score (nSPS) is 16.6. The van der Waals surface area contributed by atoms with E-state index in [0.717, 1.165) is 6.42 Å². The molecule has 0 saturated heterocycles. The average Bonchev–Trinajstić information content (AvgIpc) is 2.23. The Balaban J connectivity index is 2.24. The fraction of sp³-hybridized carbons (Fsp3) is 0.385. The van der Waals surface area contributed by atoms with Crippen LogP contribution in [-0.2, 0) is 9.59 Å². The van der Waals surface area contributed by atoms with Gasteiger partial charge in [0.25, 0.3) is 0 Å². The van der Waals surface area contributed by atoms with Gasteiger partial charge in [-0.2, -0.15) is 0 Å². The van der Waals surface area contributed by atoms with Gasteiger partial charge in [-0.3, -0.25) is 9.59 Å². The van der Waals surface area contributed by atoms with Crippen LogP contribution in [0.25, 0.3) is 0 Å². The standard InChI is InChI=1S/C13H13BrFNO3/c1-7-5-9(15)8(14)6-10(7)16-11(17)13(12(18)19)3-2-4-13/h5-6H,2-4H2,1H3,(H,16,17)(H,18,19). The van der Waals surface area contributed by atoms with E-state index in [2.05, 4.69) is 21.2 Å². The quantitative estimate of drug-likeness (QED) is 0.837. The number of hydrogen-bond donors (Lipinski definition) is 2. The predicted octanol–water partition coefficient (Wildman–Crippen LogP) is 3.09. The van der Waals surface area contributed by atoms with Crippen LogP contribution in [0.5, 0.6) is 0 Å². The number of carboxylic acids is 1. The summed E-state index contributed by atoms with van der Waals surface area (Å²) < 4.78 is 13.5. The average molecular weight is 330 g/mol. The number of anilines is 1. The molecule has 1 aliphatic carbocycles. The Bertz CT molecular complexity index is 555. The second kappa shape index (κ2) is 4.92. The summed E-state index contributed by atoms with van der Waals surface area (Å²) in [4.78, 5) is 23.3. The first-order chi connectivity index (χ1) is 8.86. The topological polar surface area (TPSA) is 66.4 Å². The third kappa shape index (κ3) is 2.36. The van der Waals surface area contributed by atoms with Crippen molar-refractivity contribution in [2.24, 2.45) is 5.41 Å². The van der Waals surface area contributed by atoms with Crippen molar-refractivity contribution in [1.29, 1.82) is 0 Å². The number of rotatable bonds is 3. The van der Waals surface area contributed by atoms with Crippen molar-refractivity contribution in [3.05, 3.63) is 28.0 Å². The zero-order valence-corrected chi connectivity index (χ0v) is 11.9. The molecular weight excluding hydrogens is 317 g/mol. The largest absolute Gasteiger partial charge is 0.480 e. The van der Waals surface area contributed by atoms with Gasteiger partial charge in [-0.1, -0.05) is 6.42 Å². The molecule has 102 valence electrons. The van der Waals surface area contributed by atoms with Crippen molar-refractivity contribution in [3.8, 4) is 0 Å². The third-order valence-corrected chi connectivity index (χ3v) is 4.17. The van der Waals surface area contributed by atoms with Crippen LogP contribution in [0.2, 0.25) is 0 Å². The van der Waals surface area contributed by atoms with Gasteiger partial charge in [0.2, 0.25) is 5.91 Å². The number of hydrogen-bond acceptors (Lipinski definition) is 2. The maximum atomic E-state index is 13.3. The fourth-order valence-corrected chi connectivity index (χ4v) is 2.43. The van der Waals surface area contributed by atoms with Crippen LogP contribution in [0.3, 0.4) is 0 Å². The summed E-state index contributed by atoms with van der Waals surface area (Å²) in [5.74, 6) is -2.06. The van der Waals surface area contributed by atoms with E-state index in [-0.39, 0.29) is 4.47 Å². The van der Waals surface area contributed by atoms with Crippen molar-refractivity contribution in [3.63, 3.8) is 0 Å². The number of halogens is 2. The van der Waals surface area contributed by atoms with E-state index in [0.29, 0.717) is 24.1 Å². The van der Waals surface area contributed by atoms with Crippen molar-refractivity contribution in [2.75, 3.05) is 5.32 Å². The lowest BCUT2D eigenvalue weighted by Gasteiger charge is -2.35. The molecule has 0 unspecified atom stereocenters. The summed E-state index contributed by atoms with van der Waals surface area (Å²) in [7, 11) is 0. The minimum atomic E-state index is -1.33. The molecule has 4 nitrogen and oxygen atoms in total. The number of benzene rings is 1. The van der Waals surface area contributed by atoms with Gasteiger partial charge in [-0.15, -0.1) is 0 Å². The molecule has 0 aromatic heterocycles. The number of aliphatic carboxylic acids is 1. The Kier molecular flexibility index (Phi) is 3.62. The van der Waals surface area contributed by atoms with Crippen molar-refractivity contribution in [1.82, 2.24) is 0 Å². The second-order valence-electron chi connectivity index (χ2n) is 4.78. The number of nitrogens with one attached hydrogen (secondary N) is 1. The van der Waals surface area contributed by atoms with Crippen LogP contribution in [0, 0.1) is 18.2 Å². The third-order valence-electron chi connectivity index (χ3n) is 3.57. The van der Waals surface area contributed by atoms with Crippen LogP contribution in [-0.4, -0.2) is 17.0 Å². The lowest BCUT2D eigenvalue weighted by atomic mass is 9.68. The predicted molar refractivity (Wildman–Crippen MR) is 71.4 cm³/mol. The van der Waals surface area contributed by atoms with Gasteiger partial charge < -0.3 is 10.4 Å². The molecule has 0 bridgehead atoms. The van der Waals surface area contributed by atoms with Gasteiger partial charge in [0, 0.05) is 5.69 Å². The molecule has 1 fully saturated rings. The molecule has 0 spiro atoms. The lowest BCUT2D eigenvalue weighted by molar-refractivity contribution is -0.159. The summed E-state index contributed by atoms with van der Waals surface area (Å²) in [5, 5.41) is 11.8. The minimum absolute atomic E-state index is 0.228. The van der Waals surface area contributed by atoms with Crippen LogP contribution in [0.1, 0.15) is 24.8 Å². The van der Waals surface area contributed by atoms with Gasteiger partial charge in [0.05, 0.1) is 4.47 Å². The molecule has 0 aliphatic heterocycles. The molecule has 0 atom stereocenters. The number of amides is 1. The molecule has 1 aliphatic rings. The number of carbonyl (C=O) groups excluding carboxylic acids is 1. The fourth-order valence-electron chi connectivity index (χ4n) is 2.09. The molecule has 2 N–H and O–H groups in total. The highest BCUT2D eigenvalue weighted by Gasteiger charge is 2.51. The highest BCUT2D eigenvalue weighted by molar-refractivity contribution is 9.10. The Labute approximate surface area is 118 Å². The molecule has 1 aromatic carbocycles. The maximum absolute atomic E-state index is 13.3. The number of aryl methyl sites for hydroxylation is 1. The molecule has 1 saturated carbocycles. The molecule has 6 heteroatoms. The summed E-state index contributed by atoms with van der Waals surface area (Å²) in [6.45, 7) is 1.65. The van der Waals surface area contributed by atoms with E-state index < -0.39 is 23.1 Å². The van der Waals surface area contributed by atoms with Crippen LogP contribution in [0.4, 0.5) is 10.1 Å².